The van der Waals surface area contributed by atoms with E-state index in [2.05, 4.69) is 5.10 Å². The number of piperidine rings is 1. The largest absolute Gasteiger partial charge is 0.354 e. The smallest absolute Gasteiger partial charge is 0.332 e. The van der Waals surface area contributed by atoms with Crippen LogP contribution in [0, 0.1) is 11.3 Å². The maximum absolute atomic E-state index is 12.2. The maximum atomic E-state index is 12.2. The van der Waals surface area contributed by atoms with Gasteiger partial charge in [-0.05, 0) is 18.9 Å². The van der Waals surface area contributed by atoms with Crippen LogP contribution in [-0.2, 0) is 14.1 Å². The van der Waals surface area contributed by atoms with E-state index in [-0.39, 0.29) is 11.6 Å². The zero-order valence-corrected chi connectivity index (χ0v) is 13.1. The third-order valence-electron chi connectivity index (χ3n) is 4.34. The second-order valence-electron chi connectivity index (χ2n) is 5.74. The molecule has 1 unspecified atom stereocenters. The number of nitrogens with zero attached hydrogens (tertiary/aromatic N) is 6. The molecule has 3 heterocycles. The molecule has 2 aromatic rings. The molecule has 0 saturated carbocycles. The van der Waals surface area contributed by atoms with Crippen LogP contribution >= 0.6 is 0 Å². The summed E-state index contributed by atoms with van der Waals surface area (Å²) in [6.07, 6.45) is 5.51. The van der Waals surface area contributed by atoms with E-state index in [0.29, 0.717) is 18.9 Å². The summed E-state index contributed by atoms with van der Waals surface area (Å²) in [5, 5.41) is 13.7. The first-order valence-corrected chi connectivity index (χ1v) is 7.48. The lowest BCUT2D eigenvalue weighted by Crippen LogP contribution is -2.45. The lowest BCUT2D eigenvalue weighted by atomic mass is 10.1. The van der Waals surface area contributed by atoms with Crippen LogP contribution in [0.3, 0.4) is 0 Å². The van der Waals surface area contributed by atoms with Crippen LogP contribution in [0.2, 0.25) is 0 Å². The number of nitriles is 1. The summed E-state index contributed by atoms with van der Waals surface area (Å²) in [6.45, 7) is 1.31. The van der Waals surface area contributed by atoms with Crippen molar-refractivity contribution < 1.29 is 0 Å². The first-order chi connectivity index (χ1) is 11.0. The van der Waals surface area contributed by atoms with E-state index in [0.717, 1.165) is 17.4 Å². The van der Waals surface area contributed by atoms with E-state index in [1.54, 1.807) is 13.2 Å². The molecule has 23 heavy (non-hydrogen) atoms. The lowest BCUT2D eigenvalue weighted by molar-refractivity contribution is 0.372. The fourth-order valence-corrected chi connectivity index (χ4v) is 3.16. The molecule has 0 bridgehead atoms. The Labute approximate surface area is 132 Å². The van der Waals surface area contributed by atoms with Crippen LogP contribution in [0.25, 0.3) is 0 Å². The van der Waals surface area contributed by atoms with Crippen molar-refractivity contribution in [2.24, 2.45) is 14.1 Å². The molecule has 3 rings (SSSR count). The van der Waals surface area contributed by atoms with Crippen molar-refractivity contribution in [3.63, 3.8) is 0 Å². The van der Waals surface area contributed by atoms with E-state index in [1.807, 2.05) is 27.9 Å². The predicted octanol–water partition coefficient (Wildman–Crippen LogP) is -0.00632. The molecule has 1 aliphatic rings. The van der Waals surface area contributed by atoms with Crippen molar-refractivity contribution in [2.75, 3.05) is 18.0 Å². The molecule has 0 N–H and O–H groups in total. The van der Waals surface area contributed by atoms with E-state index >= 15 is 0 Å². The average molecular weight is 314 g/mol. The Balaban J connectivity index is 2.07. The van der Waals surface area contributed by atoms with E-state index in [9.17, 15) is 14.9 Å². The van der Waals surface area contributed by atoms with Crippen LogP contribution < -0.4 is 16.1 Å². The molecule has 0 aromatic carbocycles. The van der Waals surface area contributed by atoms with Crippen LogP contribution in [0.4, 0.5) is 5.82 Å². The average Bonchev–Trinajstić information content (AvgIpc) is 3.10. The standard InChI is InChI=1S/C15H18N6O2/c1-18-13(12(9-16)14(22)19(2)15(18)23)20-7-3-5-11(10-20)21-8-4-6-17-21/h4,6,8,11H,3,5,7,10H2,1-2H3. The van der Waals surface area contributed by atoms with Gasteiger partial charge in [0.2, 0.25) is 0 Å². The van der Waals surface area contributed by atoms with Gasteiger partial charge in [-0.15, -0.1) is 0 Å². The van der Waals surface area contributed by atoms with E-state index in [1.165, 1.54) is 11.6 Å². The summed E-state index contributed by atoms with van der Waals surface area (Å²) in [6, 6.07) is 3.99. The van der Waals surface area contributed by atoms with Crippen molar-refractivity contribution in [3.8, 4) is 6.07 Å². The highest BCUT2D eigenvalue weighted by atomic mass is 16.2. The monoisotopic (exact) mass is 314 g/mol. The second kappa shape index (κ2) is 5.76. The van der Waals surface area contributed by atoms with Crippen molar-refractivity contribution in [1.29, 1.82) is 5.26 Å². The third kappa shape index (κ3) is 2.44. The van der Waals surface area contributed by atoms with Crippen LogP contribution in [-0.4, -0.2) is 32.0 Å². The Kier molecular flexibility index (Phi) is 3.78. The molecular weight excluding hydrogens is 296 g/mol. The molecule has 2 aromatic heterocycles. The molecule has 0 amide bonds. The van der Waals surface area contributed by atoms with E-state index in [4.69, 9.17) is 0 Å². The Morgan fingerprint density at radius 1 is 1.30 bits per heavy atom. The molecule has 1 fully saturated rings. The minimum absolute atomic E-state index is 0.00992. The zero-order chi connectivity index (χ0) is 16.6. The Bertz CT molecular complexity index is 871. The van der Waals surface area contributed by atoms with Gasteiger partial charge in [-0.25, -0.2) is 4.79 Å². The molecule has 8 heteroatoms. The number of aromatic nitrogens is 4. The molecule has 120 valence electrons. The first-order valence-electron chi connectivity index (χ1n) is 7.48. The molecule has 8 nitrogen and oxygen atoms in total. The molecule has 0 radical (unpaired) electrons. The van der Waals surface area contributed by atoms with Gasteiger partial charge in [0.05, 0.1) is 6.04 Å². The quantitative estimate of drug-likeness (QED) is 0.778. The summed E-state index contributed by atoms with van der Waals surface area (Å²) >= 11 is 0. The summed E-state index contributed by atoms with van der Waals surface area (Å²) < 4.78 is 4.24. The van der Waals surface area contributed by atoms with Gasteiger partial charge in [-0.3, -0.25) is 18.6 Å². The second-order valence-corrected chi connectivity index (χ2v) is 5.74. The Morgan fingerprint density at radius 2 is 2.09 bits per heavy atom. The normalized spacial score (nSPS) is 18.0. The maximum Gasteiger partial charge on any atom is 0.332 e. The Morgan fingerprint density at radius 3 is 2.74 bits per heavy atom. The highest BCUT2D eigenvalue weighted by Gasteiger charge is 2.27. The summed E-state index contributed by atoms with van der Waals surface area (Å²) in [5.41, 5.74) is -0.965. The van der Waals surface area contributed by atoms with Gasteiger partial charge >= 0.3 is 5.69 Å². The summed E-state index contributed by atoms with van der Waals surface area (Å²) in [7, 11) is 2.98. The number of hydrogen-bond acceptors (Lipinski definition) is 5. The van der Waals surface area contributed by atoms with Crippen LogP contribution in [0.15, 0.2) is 28.0 Å². The Hall–Kier alpha value is -2.82. The zero-order valence-electron chi connectivity index (χ0n) is 13.1. The minimum Gasteiger partial charge on any atom is -0.354 e. The van der Waals surface area contributed by atoms with Crippen molar-refractivity contribution in [3.05, 3.63) is 44.9 Å². The van der Waals surface area contributed by atoms with Crippen LogP contribution in [0.1, 0.15) is 24.4 Å². The molecule has 1 saturated heterocycles. The fraction of sp³-hybridized carbons (Fsp3) is 0.467. The van der Waals surface area contributed by atoms with Gasteiger partial charge in [0.15, 0.2) is 5.56 Å². The van der Waals surface area contributed by atoms with Gasteiger partial charge in [0, 0.05) is 39.6 Å². The van der Waals surface area contributed by atoms with Gasteiger partial charge in [0.25, 0.3) is 5.56 Å². The first kappa shape index (κ1) is 15.1. The van der Waals surface area contributed by atoms with Crippen molar-refractivity contribution in [2.45, 2.75) is 18.9 Å². The third-order valence-corrected chi connectivity index (χ3v) is 4.34. The topological polar surface area (TPSA) is 88.8 Å². The van der Waals surface area contributed by atoms with Crippen molar-refractivity contribution >= 4 is 5.82 Å². The number of hydrogen-bond donors (Lipinski definition) is 0. The van der Waals surface area contributed by atoms with Gasteiger partial charge in [0.1, 0.15) is 11.9 Å². The van der Waals surface area contributed by atoms with Crippen molar-refractivity contribution in [1.82, 2.24) is 18.9 Å². The number of rotatable bonds is 2. The minimum atomic E-state index is -0.549. The van der Waals surface area contributed by atoms with Gasteiger partial charge in [-0.1, -0.05) is 0 Å². The highest BCUT2D eigenvalue weighted by molar-refractivity contribution is 5.53. The molecule has 0 aliphatic carbocycles. The molecular formula is C15H18N6O2. The highest BCUT2D eigenvalue weighted by Crippen LogP contribution is 2.25. The predicted molar refractivity (Wildman–Crippen MR) is 84.4 cm³/mol. The lowest BCUT2D eigenvalue weighted by Gasteiger charge is -2.35. The SMILES string of the molecule is Cn1c(N2CCCC(n3cccn3)C2)c(C#N)c(=O)n(C)c1=O. The molecule has 1 atom stereocenters. The van der Waals surface area contributed by atoms with E-state index < -0.39 is 11.2 Å². The van der Waals surface area contributed by atoms with Crippen LogP contribution in [0.5, 0.6) is 0 Å². The van der Waals surface area contributed by atoms with Gasteiger partial charge < -0.3 is 4.90 Å². The summed E-state index contributed by atoms with van der Waals surface area (Å²) in [5.74, 6) is 0.400. The van der Waals surface area contributed by atoms with Gasteiger partial charge in [-0.2, -0.15) is 10.4 Å². The molecule has 1 aliphatic heterocycles. The molecule has 0 spiro atoms. The fourth-order valence-electron chi connectivity index (χ4n) is 3.16. The summed E-state index contributed by atoms with van der Waals surface area (Å²) in [4.78, 5) is 26.4. The number of anilines is 1.